The Hall–Kier alpha value is -2.04. The maximum atomic E-state index is 5.71. The van der Waals surface area contributed by atoms with Gasteiger partial charge in [-0.25, -0.2) is 0 Å². The Morgan fingerprint density at radius 2 is 2.19 bits per heavy atom. The number of nitrogen functional groups attached to an aromatic ring is 1. The van der Waals surface area contributed by atoms with Gasteiger partial charge in [0.1, 0.15) is 0 Å². The van der Waals surface area contributed by atoms with Gasteiger partial charge in [0.15, 0.2) is 5.82 Å². The summed E-state index contributed by atoms with van der Waals surface area (Å²) < 4.78 is 4.88. The van der Waals surface area contributed by atoms with Crippen LogP contribution in [0.25, 0.3) is 0 Å². The third kappa shape index (κ3) is 2.31. The third-order valence-electron chi connectivity index (χ3n) is 2.27. The molecule has 0 radical (unpaired) electrons. The molecule has 3 N–H and O–H groups in total. The highest BCUT2D eigenvalue weighted by Gasteiger charge is 2.03. The molecule has 5 heteroatoms. The van der Waals surface area contributed by atoms with E-state index in [0.717, 1.165) is 16.9 Å². The lowest BCUT2D eigenvalue weighted by Crippen LogP contribution is -2.03. The Morgan fingerprint density at radius 1 is 1.38 bits per heavy atom. The maximum absolute atomic E-state index is 5.71. The standard InChI is InChI=1S/C11H14N4O/c1-7-3-4-9(12)5-10(7)13-6-11-14-8(2)16-15-11/h3-5,13H,6,12H2,1-2H3. The summed E-state index contributed by atoms with van der Waals surface area (Å²) in [6, 6.07) is 5.74. The first-order valence-corrected chi connectivity index (χ1v) is 5.04. The van der Waals surface area contributed by atoms with Crippen molar-refractivity contribution in [1.29, 1.82) is 0 Å². The number of nitrogens with zero attached hydrogens (tertiary/aromatic N) is 2. The van der Waals surface area contributed by atoms with Crippen LogP contribution in [0.3, 0.4) is 0 Å². The fourth-order valence-electron chi connectivity index (χ4n) is 1.42. The number of rotatable bonds is 3. The molecule has 0 bridgehead atoms. The highest BCUT2D eigenvalue weighted by Crippen LogP contribution is 2.18. The van der Waals surface area contributed by atoms with E-state index in [-0.39, 0.29) is 0 Å². The lowest BCUT2D eigenvalue weighted by molar-refractivity contribution is 0.388. The van der Waals surface area contributed by atoms with Gasteiger partial charge >= 0.3 is 0 Å². The Balaban J connectivity index is 2.07. The summed E-state index contributed by atoms with van der Waals surface area (Å²) in [5.74, 6) is 1.21. The van der Waals surface area contributed by atoms with E-state index in [0.29, 0.717) is 18.3 Å². The average Bonchev–Trinajstić information content (AvgIpc) is 2.66. The lowest BCUT2D eigenvalue weighted by atomic mass is 10.2. The summed E-state index contributed by atoms with van der Waals surface area (Å²) in [5.41, 5.74) is 8.57. The van der Waals surface area contributed by atoms with Crippen LogP contribution in [0, 0.1) is 13.8 Å². The van der Waals surface area contributed by atoms with Gasteiger partial charge in [-0.05, 0) is 24.6 Å². The largest absolute Gasteiger partial charge is 0.399 e. The van der Waals surface area contributed by atoms with Gasteiger partial charge in [0.25, 0.3) is 0 Å². The number of hydrogen-bond donors (Lipinski definition) is 2. The molecule has 0 aliphatic carbocycles. The molecule has 2 aromatic rings. The second kappa shape index (κ2) is 4.22. The van der Waals surface area contributed by atoms with Crippen LogP contribution in [0.1, 0.15) is 17.3 Å². The van der Waals surface area contributed by atoms with Crippen LogP contribution < -0.4 is 11.1 Å². The predicted molar refractivity (Wildman–Crippen MR) is 62.0 cm³/mol. The molecule has 1 aromatic heterocycles. The van der Waals surface area contributed by atoms with E-state index in [9.17, 15) is 0 Å². The normalized spacial score (nSPS) is 10.4. The van der Waals surface area contributed by atoms with Crippen LogP contribution in [-0.2, 0) is 6.54 Å². The average molecular weight is 218 g/mol. The molecule has 0 atom stereocenters. The van der Waals surface area contributed by atoms with Crippen LogP contribution >= 0.6 is 0 Å². The Kier molecular flexibility index (Phi) is 2.76. The van der Waals surface area contributed by atoms with E-state index in [4.69, 9.17) is 10.3 Å². The Bertz CT molecular complexity index is 492. The third-order valence-corrected chi connectivity index (χ3v) is 2.27. The first-order chi connectivity index (χ1) is 7.65. The Morgan fingerprint density at radius 3 is 2.88 bits per heavy atom. The second-order valence-electron chi connectivity index (χ2n) is 3.66. The minimum Gasteiger partial charge on any atom is -0.399 e. The van der Waals surface area contributed by atoms with Crippen LogP contribution in [-0.4, -0.2) is 10.1 Å². The van der Waals surface area contributed by atoms with Gasteiger partial charge in [-0.1, -0.05) is 11.2 Å². The molecular formula is C11H14N4O. The fourth-order valence-corrected chi connectivity index (χ4v) is 1.42. The monoisotopic (exact) mass is 218 g/mol. The molecule has 0 saturated heterocycles. The Labute approximate surface area is 93.7 Å². The molecule has 2 rings (SSSR count). The van der Waals surface area contributed by atoms with Gasteiger partial charge in [0.2, 0.25) is 5.89 Å². The molecule has 0 amide bonds. The van der Waals surface area contributed by atoms with Crippen molar-refractivity contribution >= 4 is 11.4 Å². The highest BCUT2D eigenvalue weighted by atomic mass is 16.5. The summed E-state index contributed by atoms with van der Waals surface area (Å²) in [6.45, 7) is 4.31. The van der Waals surface area contributed by atoms with Gasteiger partial charge in [-0.15, -0.1) is 0 Å². The van der Waals surface area contributed by atoms with Gasteiger partial charge < -0.3 is 15.6 Å². The van der Waals surface area contributed by atoms with Crippen molar-refractivity contribution in [2.75, 3.05) is 11.1 Å². The van der Waals surface area contributed by atoms with E-state index < -0.39 is 0 Å². The molecule has 0 aliphatic heterocycles. The molecule has 84 valence electrons. The van der Waals surface area contributed by atoms with Crippen molar-refractivity contribution in [2.45, 2.75) is 20.4 Å². The van der Waals surface area contributed by atoms with Gasteiger partial charge in [-0.2, -0.15) is 4.98 Å². The molecule has 0 unspecified atom stereocenters. The summed E-state index contributed by atoms with van der Waals surface area (Å²) in [6.07, 6.45) is 0. The number of nitrogens with two attached hydrogens (primary N) is 1. The van der Waals surface area contributed by atoms with Crippen LogP contribution in [0.15, 0.2) is 22.7 Å². The molecular weight excluding hydrogens is 204 g/mol. The minimum absolute atomic E-state index is 0.529. The van der Waals surface area contributed by atoms with Crippen molar-refractivity contribution in [1.82, 2.24) is 10.1 Å². The smallest absolute Gasteiger partial charge is 0.223 e. The lowest BCUT2D eigenvalue weighted by Gasteiger charge is -2.08. The number of hydrogen-bond acceptors (Lipinski definition) is 5. The highest BCUT2D eigenvalue weighted by molar-refractivity contribution is 5.59. The van der Waals surface area contributed by atoms with Crippen molar-refractivity contribution in [2.24, 2.45) is 0 Å². The molecule has 5 nitrogen and oxygen atoms in total. The summed E-state index contributed by atoms with van der Waals surface area (Å²) in [5, 5.41) is 7.02. The van der Waals surface area contributed by atoms with Crippen LogP contribution in [0.2, 0.25) is 0 Å². The predicted octanol–water partition coefficient (Wildman–Crippen LogP) is 1.88. The zero-order chi connectivity index (χ0) is 11.5. The van der Waals surface area contributed by atoms with Gasteiger partial charge in [0.05, 0.1) is 6.54 Å². The van der Waals surface area contributed by atoms with E-state index >= 15 is 0 Å². The first kappa shape index (κ1) is 10.5. The van der Waals surface area contributed by atoms with Crippen molar-refractivity contribution in [3.05, 3.63) is 35.5 Å². The molecule has 0 spiro atoms. The summed E-state index contributed by atoms with van der Waals surface area (Å²) in [7, 11) is 0. The molecule has 0 fully saturated rings. The van der Waals surface area contributed by atoms with E-state index in [2.05, 4.69) is 15.5 Å². The molecule has 0 saturated carbocycles. The van der Waals surface area contributed by atoms with Crippen LogP contribution in [0.4, 0.5) is 11.4 Å². The van der Waals surface area contributed by atoms with E-state index in [1.165, 1.54) is 0 Å². The topological polar surface area (TPSA) is 77.0 Å². The molecule has 0 aliphatic rings. The summed E-state index contributed by atoms with van der Waals surface area (Å²) >= 11 is 0. The van der Waals surface area contributed by atoms with Gasteiger partial charge in [0, 0.05) is 18.3 Å². The zero-order valence-electron chi connectivity index (χ0n) is 9.32. The van der Waals surface area contributed by atoms with E-state index in [1.54, 1.807) is 6.92 Å². The SMILES string of the molecule is Cc1nc(CNc2cc(N)ccc2C)no1. The van der Waals surface area contributed by atoms with Crippen molar-refractivity contribution in [3.63, 3.8) is 0 Å². The van der Waals surface area contributed by atoms with Crippen molar-refractivity contribution in [3.8, 4) is 0 Å². The van der Waals surface area contributed by atoms with Crippen LogP contribution in [0.5, 0.6) is 0 Å². The number of aromatic nitrogens is 2. The van der Waals surface area contributed by atoms with Gasteiger partial charge in [-0.3, -0.25) is 0 Å². The van der Waals surface area contributed by atoms with Crippen molar-refractivity contribution < 1.29 is 4.52 Å². The number of anilines is 2. The molecule has 1 aromatic carbocycles. The maximum Gasteiger partial charge on any atom is 0.223 e. The number of aryl methyl sites for hydroxylation is 2. The zero-order valence-corrected chi connectivity index (χ0v) is 9.32. The molecule has 1 heterocycles. The quantitative estimate of drug-likeness (QED) is 0.769. The summed E-state index contributed by atoms with van der Waals surface area (Å²) in [4.78, 5) is 4.11. The number of nitrogens with one attached hydrogen (secondary N) is 1. The second-order valence-corrected chi connectivity index (χ2v) is 3.66. The molecule has 16 heavy (non-hydrogen) atoms. The fraction of sp³-hybridized carbons (Fsp3) is 0.273. The minimum atomic E-state index is 0.529. The van der Waals surface area contributed by atoms with E-state index in [1.807, 2.05) is 25.1 Å². The first-order valence-electron chi connectivity index (χ1n) is 5.04. The number of benzene rings is 1.